The number of carbonyl (C=O) groups is 2. The summed E-state index contributed by atoms with van der Waals surface area (Å²) < 4.78 is 10.6. The zero-order valence-corrected chi connectivity index (χ0v) is 13.7. The van der Waals surface area contributed by atoms with Gasteiger partial charge in [0.25, 0.3) is 5.91 Å². The standard InChI is InChI=1S/C19H18N2O4/c1-20-19(23)15-6-2-13(3-7-15)5-9-18(22)21-11-14-4-8-16-17(10-14)25-12-24-16/h2-10H,11-12H2,1H3,(H,20,23)(H,21,22)/b9-5+. The molecule has 2 aromatic carbocycles. The Kier molecular flexibility index (Phi) is 4.99. The van der Waals surface area contributed by atoms with Gasteiger partial charge in [-0.05, 0) is 41.5 Å². The van der Waals surface area contributed by atoms with Crippen LogP contribution in [0.25, 0.3) is 6.08 Å². The Morgan fingerprint density at radius 2 is 1.84 bits per heavy atom. The lowest BCUT2D eigenvalue weighted by Crippen LogP contribution is -2.20. The van der Waals surface area contributed by atoms with Crippen molar-refractivity contribution in [2.24, 2.45) is 0 Å². The lowest BCUT2D eigenvalue weighted by Gasteiger charge is -2.04. The summed E-state index contributed by atoms with van der Waals surface area (Å²) in [7, 11) is 1.58. The Bertz CT molecular complexity index is 813. The third kappa shape index (κ3) is 4.17. The molecule has 0 saturated heterocycles. The van der Waals surface area contributed by atoms with E-state index in [0.29, 0.717) is 17.9 Å². The van der Waals surface area contributed by atoms with Crippen LogP contribution in [0.2, 0.25) is 0 Å². The predicted molar refractivity (Wildman–Crippen MR) is 93.3 cm³/mol. The van der Waals surface area contributed by atoms with Crippen molar-refractivity contribution < 1.29 is 19.1 Å². The second-order valence-electron chi connectivity index (χ2n) is 5.44. The highest BCUT2D eigenvalue weighted by Crippen LogP contribution is 2.32. The van der Waals surface area contributed by atoms with Crippen molar-refractivity contribution in [3.8, 4) is 11.5 Å². The van der Waals surface area contributed by atoms with E-state index in [1.54, 1.807) is 37.4 Å². The first kappa shape index (κ1) is 16.6. The minimum Gasteiger partial charge on any atom is -0.454 e. The van der Waals surface area contributed by atoms with E-state index in [0.717, 1.165) is 16.9 Å². The second-order valence-corrected chi connectivity index (χ2v) is 5.44. The molecular weight excluding hydrogens is 320 g/mol. The molecule has 1 heterocycles. The van der Waals surface area contributed by atoms with Crippen molar-refractivity contribution in [2.75, 3.05) is 13.8 Å². The van der Waals surface area contributed by atoms with Crippen LogP contribution in [0.1, 0.15) is 21.5 Å². The average molecular weight is 338 g/mol. The molecule has 0 bridgehead atoms. The fourth-order valence-electron chi connectivity index (χ4n) is 2.36. The van der Waals surface area contributed by atoms with Gasteiger partial charge in [-0.1, -0.05) is 18.2 Å². The van der Waals surface area contributed by atoms with Crippen molar-refractivity contribution in [3.63, 3.8) is 0 Å². The first-order chi connectivity index (χ1) is 12.2. The quantitative estimate of drug-likeness (QED) is 0.819. The van der Waals surface area contributed by atoms with Crippen LogP contribution < -0.4 is 20.1 Å². The summed E-state index contributed by atoms with van der Waals surface area (Å²) in [5.41, 5.74) is 2.35. The van der Waals surface area contributed by atoms with Crippen LogP contribution >= 0.6 is 0 Å². The maximum atomic E-state index is 11.9. The van der Waals surface area contributed by atoms with Crippen molar-refractivity contribution in [2.45, 2.75) is 6.54 Å². The minimum absolute atomic E-state index is 0.142. The smallest absolute Gasteiger partial charge is 0.251 e. The average Bonchev–Trinajstić information content (AvgIpc) is 3.12. The first-order valence-corrected chi connectivity index (χ1v) is 7.82. The van der Waals surface area contributed by atoms with Gasteiger partial charge in [-0.15, -0.1) is 0 Å². The number of nitrogens with one attached hydrogen (secondary N) is 2. The number of hydrogen-bond donors (Lipinski definition) is 2. The molecule has 2 amide bonds. The van der Waals surface area contributed by atoms with Gasteiger partial charge in [-0.25, -0.2) is 0 Å². The monoisotopic (exact) mass is 338 g/mol. The lowest BCUT2D eigenvalue weighted by atomic mass is 10.1. The van der Waals surface area contributed by atoms with E-state index >= 15 is 0 Å². The Morgan fingerprint density at radius 3 is 2.60 bits per heavy atom. The van der Waals surface area contributed by atoms with Crippen LogP contribution in [0.3, 0.4) is 0 Å². The van der Waals surface area contributed by atoms with E-state index in [1.165, 1.54) is 6.08 Å². The molecule has 1 aliphatic rings. The molecule has 25 heavy (non-hydrogen) atoms. The number of benzene rings is 2. The molecule has 0 spiro atoms. The number of fused-ring (bicyclic) bond motifs is 1. The van der Waals surface area contributed by atoms with Crippen LogP contribution in [0, 0.1) is 0 Å². The van der Waals surface area contributed by atoms with Crippen molar-refractivity contribution in [1.29, 1.82) is 0 Å². The summed E-state index contributed by atoms with van der Waals surface area (Å²) in [5.74, 6) is 1.07. The van der Waals surface area contributed by atoms with Crippen molar-refractivity contribution in [3.05, 3.63) is 65.2 Å². The van der Waals surface area contributed by atoms with Crippen LogP contribution in [0.4, 0.5) is 0 Å². The highest BCUT2D eigenvalue weighted by molar-refractivity contribution is 5.94. The Morgan fingerprint density at radius 1 is 1.08 bits per heavy atom. The molecule has 0 unspecified atom stereocenters. The van der Waals surface area contributed by atoms with Gasteiger partial charge < -0.3 is 20.1 Å². The predicted octanol–water partition coefficient (Wildman–Crippen LogP) is 2.10. The summed E-state index contributed by atoms with van der Waals surface area (Å²) in [6.45, 7) is 0.627. The summed E-state index contributed by atoms with van der Waals surface area (Å²) in [4.78, 5) is 23.4. The summed E-state index contributed by atoms with van der Waals surface area (Å²) in [6, 6.07) is 12.6. The summed E-state index contributed by atoms with van der Waals surface area (Å²) >= 11 is 0. The van der Waals surface area contributed by atoms with Gasteiger partial charge >= 0.3 is 0 Å². The van der Waals surface area contributed by atoms with E-state index in [1.807, 2.05) is 18.2 Å². The first-order valence-electron chi connectivity index (χ1n) is 7.82. The Balaban J connectivity index is 1.53. The summed E-state index contributed by atoms with van der Waals surface area (Å²) in [6.07, 6.45) is 3.16. The minimum atomic E-state index is -0.201. The molecular formula is C19H18N2O4. The van der Waals surface area contributed by atoms with Gasteiger partial charge in [0.05, 0.1) is 0 Å². The fraction of sp³-hybridized carbons (Fsp3) is 0.158. The highest BCUT2D eigenvalue weighted by atomic mass is 16.7. The Labute approximate surface area is 145 Å². The molecule has 1 aliphatic heterocycles. The molecule has 3 rings (SSSR count). The Hall–Kier alpha value is -3.28. The van der Waals surface area contributed by atoms with Gasteiger partial charge in [0, 0.05) is 25.2 Å². The number of rotatable bonds is 5. The van der Waals surface area contributed by atoms with Crippen molar-refractivity contribution >= 4 is 17.9 Å². The molecule has 0 atom stereocenters. The molecule has 0 aromatic heterocycles. The van der Waals surface area contributed by atoms with Crippen LogP contribution in [-0.2, 0) is 11.3 Å². The zero-order valence-electron chi connectivity index (χ0n) is 13.7. The molecule has 0 radical (unpaired) electrons. The molecule has 0 saturated carbocycles. The topological polar surface area (TPSA) is 76.7 Å². The maximum Gasteiger partial charge on any atom is 0.251 e. The molecule has 2 aromatic rings. The SMILES string of the molecule is CNC(=O)c1ccc(/C=C/C(=O)NCc2ccc3c(c2)OCO3)cc1. The van der Waals surface area contributed by atoms with Gasteiger partial charge in [0.1, 0.15) is 0 Å². The molecule has 128 valence electrons. The van der Waals surface area contributed by atoms with E-state index in [9.17, 15) is 9.59 Å². The third-order valence-corrected chi connectivity index (χ3v) is 3.73. The summed E-state index contributed by atoms with van der Waals surface area (Å²) in [5, 5.41) is 5.37. The lowest BCUT2D eigenvalue weighted by molar-refractivity contribution is -0.116. The van der Waals surface area contributed by atoms with E-state index in [-0.39, 0.29) is 18.6 Å². The number of hydrogen-bond acceptors (Lipinski definition) is 4. The number of ether oxygens (including phenoxy) is 2. The molecule has 2 N–H and O–H groups in total. The van der Waals surface area contributed by atoms with Crippen LogP contribution in [0.15, 0.2) is 48.5 Å². The maximum absolute atomic E-state index is 11.9. The van der Waals surface area contributed by atoms with Crippen LogP contribution in [-0.4, -0.2) is 25.7 Å². The fourth-order valence-corrected chi connectivity index (χ4v) is 2.36. The third-order valence-electron chi connectivity index (χ3n) is 3.73. The molecule has 0 aliphatic carbocycles. The normalized spacial score (nSPS) is 12.2. The van der Waals surface area contributed by atoms with Gasteiger partial charge in [-0.3, -0.25) is 9.59 Å². The van der Waals surface area contributed by atoms with Gasteiger partial charge in [0.2, 0.25) is 12.7 Å². The van der Waals surface area contributed by atoms with E-state index < -0.39 is 0 Å². The van der Waals surface area contributed by atoms with Gasteiger partial charge in [0.15, 0.2) is 11.5 Å². The zero-order chi connectivity index (χ0) is 17.6. The second kappa shape index (κ2) is 7.53. The van der Waals surface area contributed by atoms with Gasteiger partial charge in [-0.2, -0.15) is 0 Å². The van der Waals surface area contributed by atoms with E-state index in [2.05, 4.69) is 10.6 Å². The number of amides is 2. The number of carbonyl (C=O) groups excluding carboxylic acids is 2. The molecule has 6 heteroatoms. The highest BCUT2D eigenvalue weighted by Gasteiger charge is 2.13. The van der Waals surface area contributed by atoms with Crippen molar-refractivity contribution in [1.82, 2.24) is 10.6 Å². The van der Waals surface area contributed by atoms with Crippen LogP contribution in [0.5, 0.6) is 11.5 Å². The van der Waals surface area contributed by atoms with E-state index in [4.69, 9.17) is 9.47 Å². The largest absolute Gasteiger partial charge is 0.454 e. The molecule has 6 nitrogen and oxygen atoms in total. The molecule has 0 fully saturated rings.